The first-order valence-corrected chi connectivity index (χ1v) is 4.34. The number of ketones is 1. The van der Waals surface area contributed by atoms with Gasteiger partial charge in [-0.1, -0.05) is 32.0 Å². The summed E-state index contributed by atoms with van der Waals surface area (Å²) in [6.45, 7) is 3.16. The van der Waals surface area contributed by atoms with E-state index in [9.17, 15) is 9.18 Å². The Kier molecular flexibility index (Phi) is 3.18. The molecule has 1 aromatic carbocycles. The quantitative estimate of drug-likeness (QED) is 0.653. The normalized spacial score (nSPS) is 10.5. The molecule has 0 spiro atoms. The van der Waals surface area contributed by atoms with Gasteiger partial charge in [-0.15, -0.1) is 0 Å². The molecule has 0 atom stereocenters. The standard InChI is InChI=1S/C11H13FO/c1-8(2)11(13)10-5-3-4-9(6-10)7-12/h3-6,8H,7H2,1-2H3. The molecule has 1 rings (SSSR count). The molecule has 1 nitrogen and oxygen atoms in total. The Bertz CT molecular complexity index is 305. The molecule has 0 radical (unpaired) electrons. The third-order valence-electron chi connectivity index (χ3n) is 1.89. The number of alkyl halides is 1. The van der Waals surface area contributed by atoms with Crippen LogP contribution in [0.4, 0.5) is 4.39 Å². The van der Waals surface area contributed by atoms with Crippen LogP contribution in [0.2, 0.25) is 0 Å². The van der Waals surface area contributed by atoms with Crippen molar-refractivity contribution in [2.24, 2.45) is 5.92 Å². The molecule has 0 aliphatic rings. The van der Waals surface area contributed by atoms with Gasteiger partial charge in [0.15, 0.2) is 5.78 Å². The molecular formula is C11H13FO. The van der Waals surface area contributed by atoms with E-state index in [1.54, 1.807) is 24.3 Å². The van der Waals surface area contributed by atoms with Gasteiger partial charge in [0.2, 0.25) is 0 Å². The van der Waals surface area contributed by atoms with E-state index in [1.165, 1.54) is 0 Å². The van der Waals surface area contributed by atoms with Gasteiger partial charge in [-0.3, -0.25) is 4.79 Å². The minimum Gasteiger partial charge on any atom is -0.294 e. The van der Waals surface area contributed by atoms with Gasteiger partial charge >= 0.3 is 0 Å². The topological polar surface area (TPSA) is 17.1 Å². The van der Waals surface area contributed by atoms with Crippen LogP contribution in [0.15, 0.2) is 24.3 Å². The second-order valence-corrected chi connectivity index (χ2v) is 3.35. The maximum Gasteiger partial charge on any atom is 0.165 e. The van der Waals surface area contributed by atoms with Gasteiger partial charge in [0.25, 0.3) is 0 Å². The average Bonchev–Trinajstić information content (AvgIpc) is 2.16. The lowest BCUT2D eigenvalue weighted by Crippen LogP contribution is -2.07. The smallest absolute Gasteiger partial charge is 0.165 e. The average molecular weight is 180 g/mol. The third kappa shape index (κ3) is 2.38. The number of hydrogen-bond donors (Lipinski definition) is 0. The van der Waals surface area contributed by atoms with Gasteiger partial charge < -0.3 is 0 Å². The van der Waals surface area contributed by atoms with E-state index in [0.717, 1.165) is 0 Å². The Morgan fingerprint density at radius 2 is 2.15 bits per heavy atom. The van der Waals surface area contributed by atoms with Crippen molar-refractivity contribution in [2.75, 3.05) is 0 Å². The lowest BCUT2D eigenvalue weighted by atomic mass is 10.00. The number of rotatable bonds is 3. The third-order valence-corrected chi connectivity index (χ3v) is 1.89. The highest BCUT2D eigenvalue weighted by Crippen LogP contribution is 2.11. The van der Waals surface area contributed by atoms with E-state index in [0.29, 0.717) is 11.1 Å². The van der Waals surface area contributed by atoms with Crippen LogP contribution in [0.3, 0.4) is 0 Å². The summed E-state index contributed by atoms with van der Waals surface area (Å²) in [5.74, 6) is 0.0326. The van der Waals surface area contributed by atoms with Gasteiger partial charge in [-0.2, -0.15) is 0 Å². The number of benzene rings is 1. The van der Waals surface area contributed by atoms with E-state index < -0.39 is 6.67 Å². The first-order chi connectivity index (χ1) is 6.15. The zero-order chi connectivity index (χ0) is 9.84. The minimum absolute atomic E-state index is 0.0325. The maximum absolute atomic E-state index is 12.3. The summed E-state index contributed by atoms with van der Waals surface area (Å²) in [5, 5.41) is 0. The Morgan fingerprint density at radius 3 is 2.69 bits per heavy atom. The first-order valence-electron chi connectivity index (χ1n) is 4.34. The molecule has 0 amide bonds. The lowest BCUT2D eigenvalue weighted by molar-refractivity contribution is 0.0939. The molecule has 0 N–H and O–H groups in total. The van der Waals surface area contributed by atoms with Crippen molar-refractivity contribution in [3.63, 3.8) is 0 Å². The predicted molar refractivity (Wildman–Crippen MR) is 50.4 cm³/mol. The Hall–Kier alpha value is -1.18. The molecule has 0 aliphatic carbocycles. The van der Waals surface area contributed by atoms with E-state index in [2.05, 4.69) is 0 Å². The maximum atomic E-state index is 12.3. The monoisotopic (exact) mass is 180 g/mol. The number of carbonyl (C=O) groups is 1. The molecule has 0 aliphatic heterocycles. The van der Waals surface area contributed by atoms with Crippen LogP contribution in [0.5, 0.6) is 0 Å². The molecule has 2 heteroatoms. The fourth-order valence-electron chi connectivity index (χ4n) is 1.14. The summed E-state index contributed by atoms with van der Waals surface area (Å²) in [4.78, 5) is 11.5. The molecule has 0 saturated carbocycles. The molecular weight excluding hydrogens is 167 g/mol. The molecule has 0 saturated heterocycles. The predicted octanol–water partition coefficient (Wildman–Crippen LogP) is 2.99. The largest absolute Gasteiger partial charge is 0.294 e. The Balaban J connectivity index is 2.95. The molecule has 0 aromatic heterocycles. The highest BCUT2D eigenvalue weighted by Gasteiger charge is 2.09. The van der Waals surface area contributed by atoms with Crippen LogP contribution >= 0.6 is 0 Å². The van der Waals surface area contributed by atoms with Gasteiger partial charge in [-0.25, -0.2) is 4.39 Å². The minimum atomic E-state index is -0.515. The van der Waals surface area contributed by atoms with E-state index in [-0.39, 0.29) is 11.7 Å². The Labute approximate surface area is 77.6 Å². The van der Waals surface area contributed by atoms with E-state index in [1.807, 2.05) is 13.8 Å². The van der Waals surface area contributed by atoms with Crippen molar-refractivity contribution >= 4 is 5.78 Å². The molecule has 0 heterocycles. The number of hydrogen-bond acceptors (Lipinski definition) is 1. The zero-order valence-corrected chi connectivity index (χ0v) is 7.88. The molecule has 0 fully saturated rings. The summed E-state index contributed by atoms with van der Waals surface area (Å²) in [6.07, 6.45) is 0. The van der Waals surface area contributed by atoms with Gasteiger partial charge in [-0.05, 0) is 11.6 Å². The summed E-state index contributed by atoms with van der Waals surface area (Å²) in [6, 6.07) is 6.73. The van der Waals surface area contributed by atoms with E-state index >= 15 is 0 Å². The van der Waals surface area contributed by atoms with Gasteiger partial charge in [0.05, 0.1) is 0 Å². The van der Waals surface area contributed by atoms with Crippen LogP contribution in [0.25, 0.3) is 0 Å². The van der Waals surface area contributed by atoms with Crippen LogP contribution < -0.4 is 0 Å². The number of halogens is 1. The highest BCUT2D eigenvalue weighted by molar-refractivity contribution is 5.97. The SMILES string of the molecule is CC(C)C(=O)c1cccc(CF)c1. The van der Waals surface area contributed by atoms with Crippen molar-refractivity contribution in [1.29, 1.82) is 0 Å². The second-order valence-electron chi connectivity index (χ2n) is 3.35. The zero-order valence-electron chi connectivity index (χ0n) is 7.88. The number of Topliss-reactive ketones (excluding diaryl/α,β-unsaturated/α-hetero) is 1. The first kappa shape index (κ1) is 9.90. The molecule has 1 aromatic rings. The number of carbonyl (C=O) groups excluding carboxylic acids is 1. The second kappa shape index (κ2) is 4.17. The summed E-state index contributed by atoms with van der Waals surface area (Å²) in [5.41, 5.74) is 1.16. The molecule has 0 unspecified atom stereocenters. The molecule has 13 heavy (non-hydrogen) atoms. The summed E-state index contributed by atoms with van der Waals surface area (Å²) < 4.78 is 12.3. The van der Waals surface area contributed by atoms with Crippen LogP contribution in [0.1, 0.15) is 29.8 Å². The highest BCUT2D eigenvalue weighted by atomic mass is 19.1. The summed E-state index contributed by atoms with van der Waals surface area (Å²) in [7, 11) is 0. The van der Waals surface area contributed by atoms with Crippen molar-refractivity contribution in [2.45, 2.75) is 20.5 Å². The lowest BCUT2D eigenvalue weighted by Gasteiger charge is -2.04. The van der Waals surface area contributed by atoms with Crippen molar-refractivity contribution in [3.05, 3.63) is 35.4 Å². The van der Waals surface area contributed by atoms with E-state index in [4.69, 9.17) is 0 Å². The molecule has 0 bridgehead atoms. The summed E-state index contributed by atoms with van der Waals surface area (Å²) >= 11 is 0. The van der Waals surface area contributed by atoms with Crippen LogP contribution in [-0.2, 0) is 6.67 Å². The van der Waals surface area contributed by atoms with Crippen molar-refractivity contribution < 1.29 is 9.18 Å². The Morgan fingerprint density at radius 1 is 1.46 bits per heavy atom. The molecule has 70 valence electrons. The van der Waals surface area contributed by atoms with Crippen molar-refractivity contribution in [3.8, 4) is 0 Å². The van der Waals surface area contributed by atoms with Crippen LogP contribution in [0, 0.1) is 5.92 Å². The fraction of sp³-hybridized carbons (Fsp3) is 0.364. The van der Waals surface area contributed by atoms with Crippen LogP contribution in [-0.4, -0.2) is 5.78 Å². The fourth-order valence-corrected chi connectivity index (χ4v) is 1.14. The van der Waals surface area contributed by atoms with Gasteiger partial charge in [0.1, 0.15) is 6.67 Å². The van der Waals surface area contributed by atoms with Gasteiger partial charge in [0, 0.05) is 11.5 Å². The van der Waals surface area contributed by atoms with Crippen molar-refractivity contribution in [1.82, 2.24) is 0 Å².